The number of esters is 1. The Balaban J connectivity index is 3.39. The molecule has 0 aliphatic carbocycles. The third-order valence-electron chi connectivity index (χ3n) is 7.41. The van der Waals surface area contributed by atoms with Gasteiger partial charge >= 0.3 is 11.9 Å². The molecule has 0 aromatic rings. The summed E-state index contributed by atoms with van der Waals surface area (Å²) in [6.45, 7) is 5.94. The van der Waals surface area contributed by atoms with Crippen molar-refractivity contribution in [2.45, 2.75) is 167 Å². The molecule has 0 saturated heterocycles. The summed E-state index contributed by atoms with van der Waals surface area (Å²) in [4.78, 5) is 23.0. The molecule has 0 aliphatic heterocycles. The van der Waals surface area contributed by atoms with Gasteiger partial charge in [-0.05, 0) is 32.1 Å². The predicted molar refractivity (Wildman–Crippen MR) is 163 cm³/mol. The molecule has 0 spiro atoms. The molecule has 0 aliphatic rings. The Morgan fingerprint density at radius 3 is 1.45 bits per heavy atom. The zero-order chi connectivity index (χ0) is 27.9. The topological polar surface area (TPSA) is 63.6 Å². The first-order chi connectivity index (χ1) is 18.6. The number of carbonyl (C=O) groups is 2. The molecule has 1 atom stereocenters. The summed E-state index contributed by atoms with van der Waals surface area (Å²) in [5.41, 5.74) is 0. The van der Waals surface area contributed by atoms with E-state index in [1.165, 1.54) is 128 Å². The van der Waals surface area contributed by atoms with Crippen LogP contribution < -0.4 is 0 Å². The average Bonchev–Trinajstić information content (AvgIpc) is 2.90. The van der Waals surface area contributed by atoms with Gasteiger partial charge < -0.3 is 9.84 Å². The van der Waals surface area contributed by atoms with E-state index in [1.807, 2.05) is 0 Å². The fraction of sp³-hybridized carbons (Fsp3) is 0.824. The first kappa shape index (κ1) is 36.4. The number of allylic oxidation sites excluding steroid dienone is 2. The second-order valence-corrected chi connectivity index (χ2v) is 11.1. The van der Waals surface area contributed by atoms with Crippen LogP contribution in [0.5, 0.6) is 0 Å². The van der Waals surface area contributed by atoms with Crippen molar-refractivity contribution in [3.8, 4) is 0 Å². The highest BCUT2D eigenvalue weighted by Crippen LogP contribution is 2.17. The Morgan fingerprint density at radius 1 is 0.658 bits per heavy atom. The van der Waals surface area contributed by atoms with Gasteiger partial charge in [0.1, 0.15) is 6.61 Å². The van der Waals surface area contributed by atoms with Crippen molar-refractivity contribution in [2.24, 2.45) is 5.92 Å². The lowest BCUT2D eigenvalue weighted by Gasteiger charge is -2.13. The lowest BCUT2D eigenvalue weighted by Crippen LogP contribution is -2.21. The van der Waals surface area contributed by atoms with Gasteiger partial charge in [0.2, 0.25) is 0 Å². The number of unbranched alkanes of at least 4 members (excludes halogenated alkanes) is 21. The molecule has 0 fully saturated rings. The minimum atomic E-state index is -0.951. The van der Waals surface area contributed by atoms with Gasteiger partial charge in [-0.15, -0.1) is 0 Å². The number of hydrogen-bond acceptors (Lipinski definition) is 3. The number of carboxylic acids is 1. The molecule has 0 radical (unpaired) electrons. The van der Waals surface area contributed by atoms with Gasteiger partial charge in [0.25, 0.3) is 0 Å². The largest absolute Gasteiger partial charge is 0.481 e. The molecule has 0 rings (SSSR count). The molecule has 4 nitrogen and oxygen atoms in total. The van der Waals surface area contributed by atoms with Crippen LogP contribution >= 0.6 is 0 Å². The summed E-state index contributed by atoms with van der Waals surface area (Å²) in [6.07, 6.45) is 37.1. The van der Waals surface area contributed by atoms with E-state index in [0.29, 0.717) is 6.42 Å². The number of carboxylic acid groups (broad SMARTS) is 1. The van der Waals surface area contributed by atoms with Crippen molar-refractivity contribution in [3.63, 3.8) is 0 Å². The molecule has 1 N–H and O–H groups in total. The van der Waals surface area contributed by atoms with Crippen LogP contribution in [0.1, 0.15) is 167 Å². The molecule has 0 amide bonds. The summed E-state index contributed by atoms with van der Waals surface area (Å²) in [5, 5.41) is 9.01. The quantitative estimate of drug-likeness (QED) is 0.0565. The Labute approximate surface area is 236 Å². The minimum Gasteiger partial charge on any atom is -0.481 e. The molecular formula is C34H62O4. The van der Waals surface area contributed by atoms with Gasteiger partial charge in [-0.1, -0.05) is 154 Å². The number of carbonyl (C=O) groups excluding carboxylic acids is 1. The number of rotatable bonds is 30. The molecule has 4 heteroatoms. The molecular weight excluding hydrogens is 472 g/mol. The second-order valence-electron chi connectivity index (χ2n) is 11.1. The predicted octanol–water partition coefficient (Wildman–Crippen LogP) is 10.7. The van der Waals surface area contributed by atoms with E-state index in [2.05, 4.69) is 25.7 Å². The maximum atomic E-state index is 12.0. The average molecular weight is 535 g/mol. The SMILES string of the molecule is C=CCOC(=O)C(CCCCC/C=C/CCCCCCCCCCCCCCCCCCCC)CC(=O)O. The molecule has 0 aromatic heterocycles. The van der Waals surface area contributed by atoms with Crippen molar-refractivity contribution in [3.05, 3.63) is 24.8 Å². The van der Waals surface area contributed by atoms with E-state index in [4.69, 9.17) is 9.84 Å². The van der Waals surface area contributed by atoms with Crippen LogP contribution in [0, 0.1) is 5.92 Å². The Kier molecular flexibility index (Phi) is 28.7. The van der Waals surface area contributed by atoms with Gasteiger partial charge in [-0.2, -0.15) is 0 Å². The van der Waals surface area contributed by atoms with Crippen molar-refractivity contribution in [1.82, 2.24) is 0 Å². The number of ether oxygens (including phenoxy) is 1. The molecule has 0 saturated carbocycles. The standard InChI is InChI=1S/C34H62O4/c1-3-5-6-7-8-9-10-11-12-13-14-15-16-17-18-19-20-21-22-23-24-25-26-27-28-29-32(31-33(35)36)34(37)38-30-4-2/h4,23-24,32H,2-3,5-22,25-31H2,1H3,(H,35,36)/b24-23+. The van der Waals surface area contributed by atoms with Crippen molar-refractivity contribution in [2.75, 3.05) is 6.61 Å². The smallest absolute Gasteiger partial charge is 0.309 e. The molecule has 0 bridgehead atoms. The van der Waals surface area contributed by atoms with Crippen LogP contribution in [0.15, 0.2) is 24.8 Å². The third-order valence-corrected chi connectivity index (χ3v) is 7.41. The van der Waals surface area contributed by atoms with Gasteiger partial charge in [0.05, 0.1) is 12.3 Å². The van der Waals surface area contributed by atoms with Crippen LogP contribution in [0.4, 0.5) is 0 Å². The third kappa shape index (κ3) is 27.5. The molecule has 0 aromatic carbocycles. The fourth-order valence-electron chi connectivity index (χ4n) is 5.00. The van der Waals surface area contributed by atoms with Crippen molar-refractivity contribution in [1.29, 1.82) is 0 Å². The Morgan fingerprint density at radius 2 is 1.05 bits per heavy atom. The number of hydrogen-bond donors (Lipinski definition) is 1. The van der Waals surface area contributed by atoms with E-state index in [0.717, 1.165) is 25.7 Å². The summed E-state index contributed by atoms with van der Waals surface area (Å²) >= 11 is 0. The van der Waals surface area contributed by atoms with E-state index in [1.54, 1.807) is 0 Å². The zero-order valence-electron chi connectivity index (χ0n) is 25.1. The first-order valence-electron chi connectivity index (χ1n) is 16.3. The number of aliphatic carboxylic acids is 1. The maximum absolute atomic E-state index is 12.0. The summed E-state index contributed by atoms with van der Waals surface area (Å²) < 4.78 is 5.03. The monoisotopic (exact) mass is 534 g/mol. The minimum absolute atomic E-state index is 0.138. The van der Waals surface area contributed by atoms with E-state index < -0.39 is 17.9 Å². The normalized spacial score (nSPS) is 12.1. The Bertz CT molecular complexity index is 569. The lowest BCUT2D eigenvalue weighted by atomic mass is 9.97. The Hall–Kier alpha value is -1.58. The molecule has 38 heavy (non-hydrogen) atoms. The highest BCUT2D eigenvalue weighted by Gasteiger charge is 2.22. The highest BCUT2D eigenvalue weighted by molar-refractivity contribution is 5.79. The van der Waals surface area contributed by atoms with Crippen LogP contribution in [-0.4, -0.2) is 23.7 Å². The van der Waals surface area contributed by atoms with Gasteiger partial charge in [0.15, 0.2) is 0 Å². The lowest BCUT2D eigenvalue weighted by molar-refractivity contribution is -0.152. The van der Waals surface area contributed by atoms with Gasteiger partial charge in [-0.25, -0.2) is 0 Å². The highest BCUT2D eigenvalue weighted by atomic mass is 16.5. The van der Waals surface area contributed by atoms with Gasteiger partial charge in [-0.3, -0.25) is 9.59 Å². The van der Waals surface area contributed by atoms with Gasteiger partial charge in [0, 0.05) is 0 Å². The first-order valence-corrected chi connectivity index (χ1v) is 16.3. The maximum Gasteiger partial charge on any atom is 0.309 e. The summed E-state index contributed by atoms with van der Waals surface area (Å²) in [5.74, 6) is -1.92. The van der Waals surface area contributed by atoms with E-state index in [9.17, 15) is 9.59 Å². The van der Waals surface area contributed by atoms with Crippen LogP contribution in [0.2, 0.25) is 0 Å². The van der Waals surface area contributed by atoms with Crippen LogP contribution in [0.3, 0.4) is 0 Å². The van der Waals surface area contributed by atoms with Crippen molar-refractivity contribution >= 4 is 11.9 Å². The van der Waals surface area contributed by atoms with Crippen LogP contribution in [0.25, 0.3) is 0 Å². The van der Waals surface area contributed by atoms with Crippen molar-refractivity contribution < 1.29 is 19.4 Å². The zero-order valence-corrected chi connectivity index (χ0v) is 25.1. The fourth-order valence-corrected chi connectivity index (χ4v) is 5.00. The molecule has 222 valence electrons. The van der Waals surface area contributed by atoms with Crippen LogP contribution in [-0.2, 0) is 14.3 Å². The summed E-state index contributed by atoms with van der Waals surface area (Å²) in [6, 6.07) is 0. The molecule has 1 unspecified atom stereocenters. The second kappa shape index (κ2) is 30.0. The van der Waals surface area contributed by atoms with E-state index in [-0.39, 0.29) is 13.0 Å². The summed E-state index contributed by atoms with van der Waals surface area (Å²) in [7, 11) is 0. The van der Waals surface area contributed by atoms with E-state index >= 15 is 0 Å². The molecule has 0 heterocycles.